The summed E-state index contributed by atoms with van der Waals surface area (Å²) in [6, 6.07) is 6.16. The van der Waals surface area contributed by atoms with E-state index in [0.29, 0.717) is 11.6 Å². The van der Waals surface area contributed by atoms with Crippen LogP contribution in [0.5, 0.6) is 5.75 Å². The molecule has 0 amide bonds. The molecule has 3 N–H and O–H groups in total. The molecule has 3 rings (SSSR count). The van der Waals surface area contributed by atoms with E-state index in [-0.39, 0.29) is 24.5 Å². The lowest BCUT2D eigenvalue weighted by Gasteiger charge is -2.47. The smallest absolute Gasteiger partial charge is 0.121 e. The van der Waals surface area contributed by atoms with Crippen molar-refractivity contribution in [2.24, 2.45) is 0 Å². The van der Waals surface area contributed by atoms with Gasteiger partial charge in [0, 0.05) is 17.6 Å². The summed E-state index contributed by atoms with van der Waals surface area (Å²) in [7, 11) is 0. The van der Waals surface area contributed by atoms with Gasteiger partial charge < -0.3 is 15.3 Å². The molecule has 20 heavy (non-hydrogen) atoms. The summed E-state index contributed by atoms with van der Waals surface area (Å²) in [6.45, 7) is 0.927. The highest BCUT2D eigenvalue weighted by Crippen LogP contribution is 2.39. The van der Waals surface area contributed by atoms with Gasteiger partial charge in [-0.3, -0.25) is 4.90 Å². The van der Waals surface area contributed by atoms with E-state index in [1.54, 1.807) is 12.1 Å². The van der Waals surface area contributed by atoms with Crippen molar-refractivity contribution in [2.75, 3.05) is 6.54 Å². The van der Waals surface area contributed by atoms with Gasteiger partial charge in [-0.2, -0.15) is 0 Å². The van der Waals surface area contributed by atoms with Crippen molar-refractivity contribution >= 4 is 0 Å². The van der Waals surface area contributed by atoms with Crippen molar-refractivity contribution in [2.45, 2.75) is 56.9 Å². The molecule has 2 heterocycles. The molecule has 1 aromatic rings. The molecule has 1 aromatic carbocycles. The lowest BCUT2D eigenvalue weighted by atomic mass is 9.84. The van der Waals surface area contributed by atoms with E-state index in [0.717, 1.165) is 31.4 Å². The first-order valence-electron chi connectivity index (χ1n) is 7.55. The number of hydrogen-bond acceptors (Lipinski definition) is 4. The van der Waals surface area contributed by atoms with E-state index < -0.39 is 0 Å². The van der Waals surface area contributed by atoms with E-state index >= 15 is 0 Å². The SMILES string of the molecule is OCc1ccc([C@H]2C[C@@H](O)C[C@@H]3CCCCN32)cc1O. The zero-order valence-corrected chi connectivity index (χ0v) is 11.7. The molecule has 0 unspecified atom stereocenters. The first-order valence-corrected chi connectivity index (χ1v) is 7.55. The summed E-state index contributed by atoms with van der Waals surface area (Å²) >= 11 is 0. The van der Waals surface area contributed by atoms with Gasteiger partial charge in [0.15, 0.2) is 0 Å². The fraction of sp³-hybridized carbons (Fsp3) is 0.625. The third kappa shape index (κ3) is 2.55. The van der Waals surface area contributed by atoms with Gasteiger partial charge in [-0.15, -0.1) is 0 Å². The van der Waals surface area contributed by atoms with Crippen LogP contribution in [0.15, 0.2) is 18.2 Å². The van der Waals surface area contributed by atoms with Crippen LogP contribution in [0, 0.1) is 0 Å². The van der Waals surface area contributed by atoms with Gasteiger partial charge in [-0.1, -0.05) is 18.6 Å². The summed E-state index contributed by atoms with van der Waals surface area (Å²) in [5.41, 5.74) is 1.60. The molecule has 2 saturated heterocycles. The van der Waals surface area contributed by atoms with Crippen molar-refractivity contribution in [1.29, 1.82) is 0 Å². The number of aromatic hydroxyl groups is 1. The lowest BCUT2D eigenvalue weighted by molar-refractivity contribution is -0.0180. The quantitative estimate of drug-likeness (QED) is 0.773. The Balaban J connectivity index is 1.88. The second-order valence-corrected chi connectivity index (χ2v) is 6.07. The van der Waals surface area contributed by atoms with Crippen LogP contribution in [0.4, 0.5) is 0 Å². The number of rotatable bonds is 2. The minimum Gasteiger partial charge on any atom is -0.508 e. The summed E-state index contributed by atoms with van der Waals surface area (Å²) < 4.78 is 0. The fourth-order valence-electron chi connectivity index (χ4n) is 3.74. The maximum absolute atomic E-state index is 10.1. The molecular weight excluding hydrogens is 254 g/mol. The van der Waals surface area contributed by atoms with Gasteiger partial charge in [-0.25, -0.2) is 0 Å². The maximum atomic E-state index is 10.1. The standard InChI is InChI=1S/C16H23NO3/c18-10-12-5-4-11(7-16(12)20)15-9-14(19)8-13-3-1-2-6-17(13)15/h4-5,7,13-15,18-20H,1-3,6,8-10H2/t13-,14-,15+/m0/s1. The van der Waals surface area contributed by atoms with E-state index in [2.05, 4.69) is 4.90 Å². The second-order valence-electron chi connectivity index (χ2n) is 6.07. The first kappa shape index (κ1) is 13.9. The highest BCUT2D eigenvalue weighted by Gasteiger charge is 2.36. The maximum Gasteiger partial charge on any atom is 0.121 e. The van der Waals surface area contributed by atoms with E-state index in [4.69, 9.17) is 5.11 Å². The van der Waals surface area contributed by atoms with Gasteiger partial charge in [0.05, 0.1) is 12.7 Å². The predicted octanol–water partition coefficient (Wildman–Crippen LogP) is 1.93. The Kier molecular flexibility index (Phi) is 3.96. The van der Waals surface area contributed by atoms with Crippen molar-refractivity contribution in [3.8, 4) is 5.75 Å². The average Bonchev–Trinajstić information content (AvgIpc) is 2.46. The number of nitrogens with zero attached hydrogens (tertiary/aromatic N) is 1. The Morgan fingerprint density at radius 3 is 2.80 bits per heavy atom. The van der Waals surface area contributed by atoms with E-state index in [1.165, 1.54) is 12.8 Å². The monoisotopic (exact) mass is 277 g/mol. The van der Waals surface area contributed by atoms with Gasteiger partial charge in [0.25, 0.3) is 0 Å². The molecule has 2 aliphatic heterocycles. The first-order chi connectivity index (χ1) is 9.69. The zero-order valence-electron chi connectivity index (χ0n) is 11.7. The van der Waals surface area contributed by atoms with Gasteiger partial charge >= 0.3 is 0 Å². The Bertz CT molecular complexity index is 477. The molecule has 2 aliphatic rings. The van der Waals surface area contributed by atoms with Crippen molar-refractivity contribution in [1.82, 2.24) is 4.90 Å². The summed E-state index contributed by atoms with van der Waals surface area (Å²) in [4.78, 5) is 2.49. The Morgan fingerprint density at radius 1 is 1.20 bits per heavy atom. The summed E-state index contributed by atoms with van der Waals surface area (Å²) in [5.74, 6) is 0.152. The molecule has 0 spiro atoms. The average molecular weight is 277 g/mol. The van der Waals surface area contributed by atoms with Crippen LogP contribution in [-0.2, 0) is 6.61 Å². The van der Waals surface area contributed by atoms with Crippen LogP contribution < -0.4 is 0 Å². The molecule has 0 aliphatic carbocycles. The summed E-state index contributed by atoms with van der Waals surface area (Å²) in [6.07, 6.45) is 4.97. The Labute approximate surface area is 119 Å². The molecule has 0 radical (unpaired) electrons. The van der Waals surface area contributed by atoms with Crippen LogP contribution in [-0.4, -0.2) is 38.9 Å². The van der Waals surface area contributed by atoms with Crippen LogP contribution in [0.25, 0.3) is 0 Å². The second kappa shape index (κ2) is 5.72. The third-order valence-corrected chi connectivity index (χ3v) is 4.78. The normalized spacial score (nSPS) is 31.0. The fourth-order valence-corrected chi connectivity index (χ4v) is 3.74. The number of benzene rings is 1. The van der Waals surface area contributed by atoms with E-state index in [1.807, 2.05) is 6.07 Å². The zero-order chi connectivity index (χ0) is 14.1. The van der Waals surface area contributed by atoms with Crippen LogP contribution in [0.2, 0.25) is 0 Å². The summed E-state index contributed by atoms with van der Waals surface area (Å²) in [5, 5.41) is 29.2. The minimum atomic E-state index is -0.251. The predicted molar refractivity (Wildman–Crippen MR) is 76.4 cm³/mol. The largest absolute Gasteiger partial charge is 0.508 e. The van der Waals surface area contributed by atoms with Gasteiger partial charge in [0.1, 0.15) is 5.75 Å². The van der Waals surface area contributed by atoms with Gasteiger partial charge in [0.2, 0.25) is 0 Å². The molecular formula is C16H23NO3. The minimum absolute atomic E-state index is 0.147. The molecule has 0 aromatic heterocycles. The Morgan fingerprint density at radius 2 is 2.05 bits per heavy atom. The molecule has 4 heteroatoms. The third-order valence-electron chi connectivity index (χ3n) is 4.78. The van der Waals surface area contributed by atoms with Crippen LogP contribution >= 0.6 is 0 Å². The van der Waals surface area contributed by atoms with Crippen LogP contribution in [0.3, 0.4) is 0 Å². The molecule has 3 atom stereocenters. The topological polar surface area (TPSA) is 63.9 Å². The van der Waals surface area contributed by atoms with Crippen molar-refractivity contribution in [3.63, 3.8) is 0 Å². The van der Waals surface area contributed by atoms with Crippen LogP contribution in [0.1, 0.15) is 49.3 Å². The van der Waals surface area contributed by atoms with Crippen molar-refractivity contribution in [3.05, 3.63) is 29.3 Å². The number of aliphatic hydroxyl groups is 2. The molecule has 4 nitrogen and oxygen atoms in total. The van der Waals surface area contributed by atoms with Gasteiger partial charge in [-0.05, 0) is 43.9 Å². The highest BCUT2D eigenvalue weighted by atomic mass is 16.3. The number of hydrogen-bond donors (Lipinski definition) is 3. The molecule has 0 saturated carbocycles. The number of aliphatic hydroxyl groups excluding tert-OH is 2. The highest BCUT2D eigenvalue weighted by molar-refractivity contribution is 5.37. The Hall–Kier alpha value is -1.10. The molecule has 110 valence electrons. The van der Waals surface area contributed by atoms with E-state index in [9.17, 15) is 10.2 Å². The molecule has 0 bridgehead atoms. The number of piperidine rings is 2. The number of phenols is 1. The molecule has 2 fully saturated rings. The number of fused-ring (bicyclic) bond motifs is 1. The van der Waals surface area contributed by atoms with Crippen molar-refractivity contribution < 1.29 is 15.3 Å². The lowest BCUT2D eigenvalue weighted by Crippen LogP contribution is -2.48.